The lowest BCUT2D eigenvalue weighted by Gasteiger charge is -2.14. The Balaban J connectivity index is 3.34. The van der Waals surface area contributed by atoms with E-state index in [1.54, 1.807) is 0 Å². The Bertz CT molecular complexity index is 298. The van der Waals surface area contributed by atoms with Crippen LogP contribution >= 0.6 is 0 Å². The highest BCUT2D eigenvalue weighted by Crippen LogP contribution is 2.42. The highest BCUT2D eigenvalue weighted by molar-refractivity contribution is 5.46. The Morgan fingerprint density at radius 2 is 1.43 bits per heavy atom. The molecule has 0 fully saturated rings. The van der Waals surface area contributed by atoms with Crippen molar-refractivity contribution in [2.24, 2.45) is 0 Å². The van der Waals surface area contributed by atoms with E-state index in [9.17, 15) is 13.2 Å². The molecule has 0 saturated carbocycles. The van der Waals surface area contributed by atoms with Gasteiger partial charge in [-0.05, 0) is 12.1 Å². The first kappa shape index (κ1) is 10.7. The lowest BCUT2D eigenvalue weighted by molar-refractivity contribution is -0.139. The van der Waals surface area contributed by atoms with Crippen LogP contribution in [-0.4, -0.2) is 14.2 Å². The summed E-state index contributed by atoms with van der Waals surface area (Å²) < 4.78 is 46.8. The van der Waals surface area contributed by atoms with E-state index in [-0.39, 0.29) is 11.5 Å². The smallest absolute Gasteiger partial charge is 0.423 e. The minimum Gasteiger partial charge on any atom is -0.496 e. The number of hydrogen-bond donors (Lipinski definition) is 0. The maximum absolute atomic E-state index is 12.5. The minimum absolute atomic E-state index is 0.239. The molecule has 5 heteroatoms. The summed E-state index contributed by atoms with van der Waals surface area (Å²) in [6.07, 6.45) is -4.47. The summed E-state index contributed by atoms with van der Waals surface area (Å²) in [7, 11) is 2.37. The van der Waals surface area contributed by atoms with Crippen molar-refractivity contribution < 1.29 is 22.6 Å². The van der Waals surface area contributed by atoms with Crippen LogP contribution in [0.5, 0.6) is 11.5 Å². The van der Waals surface area contributed by atoms with Crippen molar-refractivity contribution in [3.63, 3.8) is 0 Å². The van der Waals surface area contributed by atoms with Crippen LogP contribution < -0.4 is 9.47 Å². The van der Waals surface area contributed by atoms with E-state index in [0.29, 0.717) is 0 Å². The van der Waals surface area contributed by atoms with Crippen molar-refractivity contribution in [3.05, 3.63) is 23.8 Å². The first-order valence-corrected chi connectivity index (χ1v) is 3.79. The third kappa shape index (κ3) is 1.92. The van der Waals surface area contributed by atoms with Crippen molar-refractivity contribution in [1.29, 1.82) is 0 Å². The highest BCUT2D eigenvalue weighted by Gasteiger charge is 2.37. The van der Waals surface area contributed by atoms with E-state index >= 15 is 0 Å². The molecule has 0 aliphatic carbocycles. The standard InChI is InChI=1S/C9H9F3O2/c1-13-6-4-3-5-7(14-2)8(6)9(10,11)12/h3-5H,1-2H3. The van der Waals surface area contributed by atoms with Gasteiger partial charge in [0.1, 0.15) is 17.1 Å². The first-order chi connectivity index (χ1) is 6.50. The van der Waals surface area contributed by atoms with Crippen molar-refractivity contribution >= 4 is 0 Å². The maximum atomic E-state index is 12.5. The summed E-state index contributed by atoms with van der Waals surface area (Å²) in [5.74, 6) is -0.478. The van der Waals surface area contributed by atoms with Gasteiger partial charge in [0.2, 0.25) is 0 Å². The molecule has 0 heterocycles. The minimum atomic E-state index is -4.47. The summed E-state index contributed by atoms with van der Waals surface area (Å²) in [6, 6.07) is 3.92. The molecule has 0 N–H and O–H groups in total. The van der Waals surface area contributed by atoms with E-state index in [1.807, 2.05) is 0 Å². The Hall–Kier alpha value is -1.39. The predicted octanol–water partition coefficient (Wildman–Crippen LogP) is 2.72. The molecule has 0 aromatic heterocycles. The fraction of sp³-hybridized carbons (Fsp3) is 0.333. The Labute approximate surface area is 79.2 Å². The van der Waals surface area contributed by atoms with Crippen molar-refractivity contribution in [1.82, 2.24) is 0 Å². The summed E-state index contributed by atoms with van der Waals surface area (Å²) in [5.41, 5.74) is -0.884. The van der Waals surface area contributed by atoms with Gasteiger partial charge in [0.25, 0.3) is 0 Å². The number of methoxy groups -OCH3 is 2. The van der Waals surface area contributed by atoms with Gasteiger partial charge in [-0.3, -0.25) is 0 Å². The zero-order valence-corrected chi connectivity index (χ0v) is 7.68. The Morgan fingerprint density at radius 1 is 1.00 bits per heavy atom. The maximum Gasteiger partial charge on any atom is 0.423 e. The van der Waals surface area contributed by atoms with Crippen molar-refractivity contribution in [3.8, 4) is 11.5 Å². The zero-order valence-electron chi connectivity index (χ0n) is 7.68. The summed E-state index contributed by atoms with van der Waals surface area (Å²) in [5, 5.41) is 0. The van der Waals surface area contributed by atoms with Gasteiger partial charge in [0, 0.05) is 0 Å². The largest absolute Gasteiger partial charge is 0.496 e. The normalized spacial score (nSPS) is 11.2. The van der Waals surface area contributed by atoms with Crippen LogP contribution in [0.2, 0.25) is 0 Å². The molecule has 0 bridgehead atoms. The summed E-state index contributed by atoms with van der Waals surface area (Å²) in [6.45, 7) is 0. The van der Waals surface area contributed by atoms with Gasteiger partial charge >= 0.3 is 6.18 Å². The molecule has 1 aromatic rings. The monoisotopic (exact) mass is 206 g/mol. The summed E-state index contributed by atoms with van der Waals surface area (Å²) in [4.78, 5) is 0. The molecule has 0 unspecified atom stereocenters. The third-order valence-electron chi connectivity index (χ3n) is 1.71. The fourth-order valence-electron chi connectivity index (χ4n) is 1.13. The highest BCUT2D eigenvalue weighted by atomic mass is 19.4. The summed E-state index contributed by atoms with van der Waals surface area (Å²) >= 11 is 0. The van der Waals surface area contributed by atoms with Crippen LogP contribution in [0.25, 0.3) is 0 Å². The van der Waals surface area contributed by atoms with Crippen molar-refractivity contribution in [2.75, 3.05) is 14.2 Å². The van der Waals surface area contributed by atoms with E-state index in [4.69, 9.17) is 0 Å². The van der Waals surface area contributed by atoms with Gasteiger partial charge in [0.05, 0.1) is 14.2 Å². The van der Waals surface area contributed by atoms with Crippen LogP contribution in [0.4, 0.5) is 13.2 Å². The van der Waals surface area contributed by atoms with Gasteiger partial charge in [-0.25, -0.2) is 0 Å². The quantitative estimate of drug-likeness (QED) is 0.740. The molecule has 78 valence electrons. The number of hydrogen-bond acceptors (Lipinski definition) is 2. The average Bonchev–Trinajstić information content (AvgIpc) is 2.15. The molecular weight excluding hydrogens is 197 g/mol. The molecule has 0 atom stereocenters. The van der Waals surface area contributed by atoms with Gasteiger partial charge < -0.3 is 9.47 Å². The van der Waals surface area contributed by atoms with Crippen molar-refractivity contribution in [2.45, 2.75) is 6.18 Å². The lowest BCUT2D eigenvalue weighted by atomic mass is 10.1. The van der Waals surface area contributed by atoms with Gasteiger partial charge in [-0.2, -0.15) is 13.2 Å². The third-order valence-corrected chi connectivity index (χ3v) is 1.71. The molecular formula is C9H9F3O2. The first-order valence-electron chi connectivity index (χ1n) is 3.79. The average molecular weight is 206 g/mol. The second-order valence-corrected chi connectivity index (χ2v) is 2.54. The number of halogens is 3. The molecule has 2 nitrogen and oxygen atoms in total. The van der Waals surface area contributed by atoms with Gasteiger partial charge in [-0.1, -0.05) is 6.07 Å². The molecule has 14 heavy (non-hydrogen) atoms. The van der Waals surface area contributed by atoms with Crippen LogP contribution in [0.15, 0.2) is 18.2 Å². The molecule has 0 aliphatic heterocycles. The Kier molecular flexibility index (Phi) is 2.88. The molecule has 0 spiro atoms. The van der Waals surface area contributed by atoms with Gasteiger partial charge in [-0.15, -0.1) is 0 Å². The topological polar surface area (TPSA) is 18.5 Å². The van der Waals surface area contributed by atoms with E-state index in [1.165, 1.54) is 32.4 Å². The van der Waals surface area contributed by atoms with Crippen LogP contribution in [-0.2, 0) is 6.18 Å². The molecule has 1 aromatic carbocycles. The SMILES string of the molecule is COc1cccc(OC)c1C(F)(F)F. The van der Waals surface area contributed by atoms with E-state index in [0.717, 1.165) is 0 Å². The van der Waals surface area contributed by atoms with Crippen LogP contribution in [0.1, 0.15) is 5.56 Å². The predicted molar refractivity (Wildman–Crippen MR) is 44.5 cm³/mol. The lowest BCUT2D eigenvalue weighted by Crippen LogP contribution is -2.09. The second kappa shape index (κ2) is 3.77. The van der Waals surface area contributed by atoms with Crippen LogP contribution in [0, 0.1) is 0 Å². The Morgan fingerprint density at radius 3 is 1.71 bits per heavy atom. The molecule has 0 aliphatic rings. The number of ether oxygens (including phenoxy) is 2. The van der Waals surface area contributed by atoms with Crippen LogP contribution in [0.3, 0.4) is 0 Å². The van der Waals surface area contributed by atoms with Gasteiger partial charge in [0.15, 0.2) is 0 Å². The number of rotatable bonds is 2. The number of alkyl halides is 3. The number of benzene rings is 1. The molecule has 0 radical (unpaired) electrons. The molecule has 0 saturated heterocycles. The molecule has 1 rings (SSSR count). The van der Waals surface area contributed by atoms with E-state index < -0.39 is 11.7 Å². The second-order valence-electron chi connectivity index (χ2n) is 2.54. The zero-order chi connectivity index (χ0) is 10.8. The molecule has 0 amide bonds. The van der Waals surface area contributed by atoms with E-state index in [2.05, 4.69) is 9.47 Å². The fourth-order valence-corrected chi connectivity index (χ4v) is 1.13.